The summed E-state index contributed by atoms with van der Waals surface area (Å²) in [6, 6.07) is 0.856. The van der Waals surface area contributed by atoms with Gasteiger partial charge in [-0.2, -0.15) is 0 Å². The Labute approximate surface area is 89.7 Å². The highest BCUT2D eigenvalue weighted by molar-refractivity contribution is 4.87. The van der Waals surface area contributed by atoms with Gasteiger partial charge in [0.15, 0.2) is 0 Å². The first-order valence-electron chi connectivity index (χ1n) is 6.35. The van der Waals surface area contributed by atoms with Crippen molar-refractivity contribution in [3.63, 3.8) is 0 Å². The van der Waals surface area contributed by atoms with Crippen LogP contribution in [0.3, 0.4) is 0 Å². The molecule has 0 bridgehead atoms. The van der Waals surface area contributed by atoms with Gasteiger partial charge in [0.25, 0.3) is 0 Å². The lowest BCUT2D eigenvalue weighted by atomic mass is 9.74. The molecular weight excluding hydrogens is 170 g/mol. The minimum Gasteiger partial charge on any atom is -0.313 e. The Morgan fingerprint density at radius 2 is 2.00 bits per heavy atom. The van der Waals surface area contributed by atoms with E-state index in [0.29, 0.717) is 5.41 Å². The molecule has 1 aliphatic carbocycles. The van der Waals surface area contributed by atoms with Gasteiger partial charge in [0.2, 0.25) is 0 Å². The average Bonchev–Trinajstić information content (AvgIpc) is 2.98. The van der Waals surface area contributed by atoms with Gasteiger partial charge in [-0.05, 0) is 30.6 Å². The fourth-order valence-electron chi connectivity index (χ4n) is 2.09. The van der Waals surface area contributed by atoms with E-state index in [4.69, 9.17) is 0 Å². The minimum atomic E-state index is 0.512. The van der Waals surface area contributed by atoms with Crippen molar-refractivity contribution in [1.82, 2.24) is 5.32 Å². The number of hydrogen-bond donors (Lipinski definition) is 1. The highest BCUT2D eigenvalue weighted by Crippen LogP contribution is 2.34. The maximum atomic E-state index is 3.69. The summed E-state index contributed by atoms with van der Waals surface area (Å²) in [5, 5.41) is 3.69. The highest BCUT2D eigenvalue weighted by atomic mass is 15.0. The van der Waals surface area contributed by atoms with Gasteiger partial charge in [0, 0.05) is 12.6 Å². The average molecular weight is 197 g/mol. The first-order chi connectivity index (χ1) is 6.62. The van der Waals surface area contributed by atoms with Gasteiger partial charge in [-0.15, -0.1) is 0 Å². The van der Waals surface area contributed by atoms with E-state index in [-0.39, 0.29) is 0 Å². The van der Waals surface area contributed by atoms with E-state index in [0.717, 1.165) is 12.0 Å². The third kappa shape index (κ3) is 3.27. The fraction of sp³-hybridized carbons (Fsp3) is 1.00. The fourth-order valence-corrected chi connectivity index (χ4v) is 2.09. The molecule has 0 aromatic heterocycles. The SMILES string of the molecule is CCCC(C)C(C)(CC)CNC1CC1. The van der Waals surface area contributed by atoms with Crippen LogP contribution >= 0.6 is 0 Å². The van der Waals surface area contributed by atoms with Crippen LogP contribution in [-0.2, 0) is 0 Å². The molecule has 84 valence electrons. The Kier molecular flexibility index (Phi) is 4.43. The molecule has 1 fully saturated rings. The largest absolute Gasteiger partial charge is 0.313 e. The lowest BCUT2D eigenvalue weighted by Crippen LogP contribution is -2.37. The van der Waals surface area contributed by atoms with Crippen molar-refractivity contribution in [3.8, 4) is 0 Å². The van der Waals surface area contributed by atoms with E-state index in [1.807, 2.05) is 0 Å². The first kappa shape index (κ1) is 12.0. The Hall–Kier alpha value is -0.0400. The molecular formula is C13H27N. The van der Waals surface area contributed by atoms with Crippen molar-refractivity contribution in [2.24, 2.45) is 11.3 Å². The van der Waals surface area contributed by atoms with Crippen molar-refractivity contribution >= 4 is 0 Å². The zero-order chi connectivity index (χ0) is 10.6. The van der Waals surface area contributed by atoms with Crippen LogP contribution in [0.15, 0.2) is 0 Å². The Morgan fingerprint density at radius 3 is 2.43 bits per heavy atom. The topological polar surface area (TPSA) is 12.0 Å². The van der Waals surface area contributed by atoms with E-state index in [1.165, 1.54) is 38.6 Å². The molecule has 2 atom stereocenters. The maximum Gasteiger partial charge on any atom is 0.00684 e. The Morgan fingerprint density at radius 1 is 1.36 bits per heavy atom. The molecule has 1 nitrogen and oxygen atoms in total. The molecule has 1 heteroatoms. The Bertz CT molecular complexity index is 163. The van der Waals surface area contributed by atoms with Gasteiger partial charge >= 0.3 is 0 Å². The van der Waals surface area contributed by atoms with Gasteiger partial charge in [-0.3, -0.25) is 0 Å². The third-order valence-corrected chi connectivity index (χ3v) is 4.09. The zero-order valence-corrected chi connectivity index (χ0v) is 10.4. The quantitative estimate of drug-likeness (QED) is 0.657. The molecule has 1 rings (SSSR count). The Balaban J connectivity index is 2.36. The lowest BCUT2D eigenvalue weighted by Gasteiger charge is -2.35. The predicted molar refractivity (Wildman–Crippen MR) is 63.5 cm³/mol. The normalized spacial score (nSPS) is 23.1. The number of rotatable bonds is 7. The van der Waals surface area contributed by atoms with Crippen molar-refractivity contribution < 1.29 is 0 Å². The molecule has 0 radical (unpaired) electrons. The molecule has 0 aromatic carbocycles. The second-order valence-electron chi connectivity index (χ2n) is 5.35. The lowest BCUT2D eigenvalue weighted by molar-refractivity contribution is 0.173. The summed E-state index contributed by atoms with van der Waals surface area (Å²) in [6.07, 6.45) is 6.80. The van der Waals surface area contributed by atoms with Crippen molar-refractivity contribution in [2.45, 2.75) is 65.8 Å². The van der Waals surface area contributed by atoms with Crippen LogP contribution in [-0.4, -0.2) is 12.6 Å². The van der Waals surface area contributed by atoms with Gasteiger partial charge in [0.05, 0.1) is 0 Å². The van der Waals surface area contributed by atoms with E-state index in [2.05, 4.69) is 33.0 Å². The monoisotopic (exact) mass is 197 g/mol. The van der Waals surface area contributed by atoms with Gasteiger partial charge in [-0.25, -0.2) is 0 Å². The van der Waals surface area contributed by atoms with Crippen LogP contribution in [0, 0.1) is 11.3 Å². The maximum absolute atomic E-state index is 3.69. The van der Waals surface area contributed by atoms with Crippen molar-refractivity contribution in [2.75, 3.05) is 6.54 Å². The summed E-state index contributed by atoms with van der Waals surface area (Å²) in [6.45, 7) is 10.7. The number of hydrogen-bond acceptors (Lipinski definition) is 1. The third-order valence-electron chi connectivity index (χ3n) is 4.09. The molecule has 0 spiro atoms. The molecule has 0 aliphatic heterocycles. The van der Waals surface area contributed by atoms with Gasteiger partial charge in [-0.1, -0.05) is 40.5 Å². The minimum absolute atomic E-state index is 0.512. The van der Waals surface area contributed by atoms with E-state index >= 15 is 0 Å². The highest BCUT2D eigenvalue weighted by Gasteiger charge is 2.31. The second-order valence-corrected chi connectivity index (χ2v) is 5.35. The van der Waals surface area contributed by atoms with Crippen LogP contribution in [0.4, 0.5) is 0 Å². The molecule has 1 N–H and O–H groups in total. The van der Waals surface area contributed by atoms with E-state index in [9.17, 15) is 0 Å². The standard InChI is InChI=1S/C13H27N/c1-5-7-11(3)13(4,6-2)10-14-12-8-9-12/h11-12,14H,5-10H2,1-4H3. The van der Waals surface area contributed by atoms with Crippen LogP contribution < -0.4 is 5.32 Å². The number of nitrogens with one attached hydrogen (secondary N) is 1. The molecule has 0 amide bonds. The van der Waals surface area contributed by atoms with Crippen LogP contribution in [0.5, 0.6) is 0 Å². The molecule has 1 saturated carbocycles. The van der Waals surface area contributed by atoms with Crippen molar-refractivity contribution in [3.05, 3.63) is 0 Å². The predicted octanol–water partition coefficient (Wildman–Crippen LogP) is 3.59. The second kappa shape index (κ2) is 5.16. The molecule has 0 aromatic rings. The summed E-state index contributed by atoms with van der Waals surface area (Å²) in [5.74, 6) is 0.851. The van der Waals surface area contributed by atoms with Crippen molar-refractivity contribution in [1.29, 1.82) is 0 Å². The first-order valence-corrected chi connectivity index (χ1v) is 6.35. The molecule has 0 saturated heterocycles. The van der Waals surface area contributed by atoms with E-state index < -0.39 is 0 Å². The zero-order valence-electron chi connectivity index (χ0n) is 10.4. The summed E-state index contributed by atoms with van der Waals surface area (Å²) < 4.78 is 0. The molecule has 0 heterocycles. The summed E-state index contributed by atoms with van der Waals surface area (Å²) in [5.41, 5.74) is 0.512. The smallest absolute Gasteiger partial charge is 0.00684 e. The van der Waals surface area contributed by atoms with Gasteiger partial charge < -0.3 is 5.32 Å². The molecule has 1 aliphatic rings. The molecule has 2 unspecified atom stereocenters. The van der Waals surface area contributed by atoms with Crippen LogP contribution in [0.1, 0.15) is 59.8 Å². The van der Waals surface area contributed by atoms with E-state index in [1.54, 1.807) is 0 Å². The molecule has 14 heavy (non-hydrogen) atoms. The summed E-state index contributed by atoms with van der Waals surface area (Å²) in [4.78, 5) is 0. The summed E-state index contributed by atoms with van der Waals surface area (Å²) in [7, 11) is 0. The van der Waals surface area contributed by atoms with Crippen LogP contribution in [0.2, 0.25) is 0 Å². The van der Waals surface area contributed by atoms with Gasteiger partial charge in [0.1, 0.15) is 0 Å². The van der Waals surface area contributed by atoms with Crippen LogP contribution in [0.25, 0.3) is 0 Å². The summed E-state index contributed by atoms with van der Waals surface area (Å²) >= 11 is 0.